The van der Waals surface area contributed by atoms with Crippen LogP contribution < -0.4 is 11.0 Å². The average molecular weight is 364 g/mol. The first-order valence-corrected chi connectivity index (χ1v) is 9.01. The summed E-state index contributed by atoms with van der Waals surface area (Å²) in [6.45, 7) is 4.37. The summed E-state index contributed by atoms with van der Waals surface area (Å²) in [4.78, 5) is 24.9. The van der Waals surface area contributed by atoms with Gasteiger partial charge in [-0.25, -0.2) is 10.1 Å². The molecule has 1 N–H and O–H groups in total. The summed E-state index contributed by atoms with van der Waals surface area (Å²) >= 11 is 0. The molecule has 1 aliphatic rings. The van der Waals surface area contributed by atoms with Crippen LogP contribution in [0.2, 0.25) is 0 Å². The average Bonchev–Trinajstić information content (AvgIpc) is 3.22. The SMILES string of the molecule is CCn1nc(C(=O)N/N=C\c2ccc([C@@H]3C[C@H]3C)o2)c2ccccc2c1=O. The van der Waals surface area contributed by atoms with E-state index in [2.05, 4.69) is 22.5 Å². The first kappa shape index (κ1) is 17.2. The Balaban J connectivity index is 1.55. The largest absolute Gasteiger partial charge is 0.460 e. The van der Waals surface area contributed by atoms with Crippen LogP contribution in [0.4, 0.5) is 0 Å². The molecule has 138 valence electrons. The number of hydrogen-bond acceptors (Lipinski definition) is 5. The van der Waals surface area contributed by atoms with Gasteiger partial charge in [0.1, 0.15) is 11.5 Å². The molecule has 0 unspecified atom stereocenters. The van der Waals surface area contributed by atoms with Gasteiger partial charge in [0.25, 0.3) is 11.5 Å². The van der Waals surface area contributed by atoms with E-state index in [0.717, 1.165) is 12.2 Å². The highest BCUT2D eigenvalue weighted by Gasteiger charge is 2.36. The van der Waals surface area contributed by atoms with Gasteiger partial charge in [0, 0.05) is 17.8 Å². The molecule has 2 atom stereocenters. The Morgan fingerprint density at radius 3 is 2.78 bits per heavy atom. The maximum absolute atomic E-state index is 12.6. The van der Waals surface area contributed by atoms with Crippen molar-refractivity contribution in [3.63, 3.8) is 0 Å². The van der Waals surface area contributed by atoms with Gasteiger partial charge in [0.05, 0.1) is 11.6 Å². The third-order valence-corrected chi connectivity index (χ3v) is 4.86. The maximum atomic E-state index is 12.6. The second kappa shape index (κ2) is 6.83. The summed E-state index contributed by atoms with van der Waals surface area (Å²) in [5, 5.41) is 9.11. The first-order chi connectivity index (χ1) is 13.1. The van der Waals surface area contributed by atoms with Crippen molar-refractivity contribution in [2.24, 2.45) is 11.0 Å². The molecule has 1 saturated carbocycles. The summed E-state index contributed by atoms with van der Waals surface area (Å²) in [6.07, 6.45) is 2.61. The van der Waals surface area contributed by atoms with Gasteiger partial charge in [-0.1, -0.05) is 25.1 Å². The second-order valence-electron chi connectivity index (χ2n) is 6.77. The third kappa shape index (κ3) is 3.28. The minimum Gasteiger partial charge on any atom is -0.460 e. The Hall–Kier alpha value is -3.22. The molecular formula is C20H20N4O3. The standard InChI is InChI=1S/C20H20N4O3/c1-3-24-20(26)15-7-5-4-6-14(15)18(23-24)19(25)22-21-11-13-8-9-17(27-13)16-10-12(16)2/h4-9,11-12,16H,3,10H2,1-2H3,(H,22,25)/b21-11-/t12-,16-/m1/s1. The van der Waals surface area contributed by atoms with E-state index in [9.17, 15) is 9.59 Å². The molecule has 27 heavy (non-hydrogen) atoms. The van der Waals surface area contributed by atoms with E-state index in [0.29, 0.717) is 34.9 Å². The van der Waals surface area contributed by atoms with Crippen molar-refractivity contribution < 1.29 is 9.21 Å². The van der Waals surface area contributed by atoms with Crippen molar-refractivity contribution in [3.8, 4) is 0 Å². The minimum atomic E-state index is -0.479. The predicted molar refractivity (Wildman–Crippen MR) is 102 cm³/mol. The number of hydrogen-bond donors (Lipinski definition) is 1. The molecule has 0 radical (unpaired) electrons. The lowest BCUT2D eigenvalue weighted by atomic mass is 10.1. The molecular weight excluding hydrogens is 344 g/mol. The van der Waals surface area contributed by atoms with Crippen molar-refractivity contribution in [1.29, 1.82) is 0 Å². The number of benzene rings is 1. The highest BCUT2D eigenvalue weighted by Crippen LogP contribution is 2.47. The number of rotatable bonds is 5. The van der Waals surface area contributed by atoms with Gasteiger partial charge in [-0.05, 0) is 37.5 Å². The summed E-state index contributed by atoms with van der Waals surface area (Å²) in [6, 6.07) is 10.7. The topological polar surface area (TPSA) is 89.5 Å². The molecule has 1 aliphatic carbocycles. The number of furan rings is 1. The monoisotopic (exact) mass is 364 g/mol. The van der Waals surface area contributed by atoms with E-state index in [4.69, 9.17) is 4.42 Å². The van der Waals surface area contributed by atoms with Crippen molar-refractivity contribution in [2.75, 3.05) is 0 Å². The molecule has 0 bridgehead atoms. The number of aromatic nitrogens is 2. The highest BCUT2D eigenvalue weighted by molar-refractivity contribution is 6.04. The number of amides is 1. The van der Waals surface area contributed by atoms with Crippen LogP contribution in [0.1, 0.15) is 48.2 Å². The molecule has 1 fully saturated rings. The lowest BCUT2D eigenvalue weighted by Crippen LogP contribution is -2.28. The smallest absolute Gasteiger partial charge is 0.292 e. The number of carbonyl (C=O) groups excluding carboxylic acids is 1. The zero-order valence-corrected chi connectivity index (χ0v) is 15.2. The Morgan fingerprint density at radius 2 is 2.07 bits per heavy atom. The number of nitrogens with zero attached hydrogens (tertiary/aromatic N) is 3. The Kier molecular flexibility index (Phi) is 4.35. The number of nitrogens with one attached hydrogen (secondary N) is 1. The van der Waals surface area contributed by atoms with Crippen LogP contribution in [0.5, 0.6) is 0 Å². The van der Waals surface area contributed by atoms with Gasteiger partial charge >= 0.3 is 0 Å². The van der Waals surface area contributed by atoms with E-state index in [-0.39, 0.29) is 11.3 Å². The van der Waals surface area contributed by atoms with Crippen LogP contribution in [0, 0.1) is 5.92 Å². The molecule has 7 heteroatoms. The van der Waals surface area contributed by atoms with Crippen LogP contribution in [0.25, 0.3) is 10.8 Å². The molecule has 0 aliphatic heterocycles. The van der Waals surface area contributed by atoms with E-state index in [1.807, 2.05) is 12.1 Å². The zero-order valence-electron chi connectivity index (χ0n) is 15.2. The quantitative estimate of drug-likeness (QED) is 0.557. The number of aryl methyl sites for hydroxylation is 1. The summed E-state index contributed by atoms with van der Waals surface area (Å²) in [5.74, 6) is 2.22. The Morgan fingerprint density at radius 1 is 1.33 bits per heavy atom. The lowest BCUT2D eigenvalue weighted by molar-refractivity contribution is 0.0949. The van der Waals surface area contributed by atoms with Crippen molar-refractivity contribution in [2.45, 2.75) is 32.7 Å². The number of hydrazone groups is 1. The first-order valence-electron chi connectivity index (χ1n) is 9.01. The van der Waals surface area contributed by atoms with Gasteiger partial charge in [-0.3, -0.25) is 9.59 Å². The van der Waals surface area contributed by atoms with E-state index >= 15 is 0 Å². The van der Waals surface area contributed by atoms with Gasteiger partial charge in [-0.15, -0.1) is 0 Å². The van der Waals surface area contributed by atoms with E-state index in [1.54, 1.807) is 31.2 Å². The molecule has 2 aromatic heterocycles. The van der Waals surface area contributed by atoms with Crippen LogP contribution in [-0.2, 0) is 6.54 Å². The second-order valence-corrected chi connectivity index (χ2v) is 6.77. The molecule has 3 aromatic rings. The molecule has 1 aromatic carbocycles. The van der Waals surface area contributed by atoms with Gasteiger partial charge in [-0.2, -0.15) is 10.2 Å². The van der Waals surface area contributed by atoms with Crippen LogP contribution in [-0.4, -0.2) is 21.9 Å². The van der Waals surface area contributed by atoms with Crippen LogP contribution in [0.3, 0.4) is 0 Å². The molecule has 2 heterocycles. The van der Waals surface area contributed by atoms with Crippen LogP contribution in [0.15, 0.2) is 50.7 Å². The number of carbonyl (C=O) groups is 1. The van der Waals surface area contributed by atoms with Gasteiger partial charge < -0.3 is 4.42 Å². The van der Waals surface area contributed by atoms with Gasteiger partial charge in [0.15, 0.2) is 5.69 Å². The van der Waals surface area contributed by atoms with Gasteiger partial charge in [0.2, 0.25) is 0 Å². The fourth-order valence-corrected chi connectivity index (χ4v) is 3.18. The zero-order chi connectivity index (χ0) is 19.0. The summed E-state index contributed by atoms with van der Waals surface area (Å²) < 4.78 is 7.00. The Bertz CT molecular complexity index is 1100. The van der Waals surface area contributed by atoms with Crippen molar-refractivity contribution >= 4 is 22.9 Å². The molecule has 4 rings (SSSR count). The molecule has 0 spiro atoms. The summed E-state index contributed by atoms with van der Waals surface area (Å²) in [5.41, 5.74) is 2.41. The normalized spacial score (nSPS) is 18.9. The molecule has 0 saturated heterocycles. The molecule has 7 nitrogen and oxygen atoms in total. The lowest BCUT2D eigenvalue weighted by Gasteiger charge is -2.08. The Labute approximate surface area is 155 Å². The highest BCUT2D eigenvalue weighted by atomic mass is 16.3. The summed E-state index contributed by atoms with van der Waals surface area (Å²) in [7, 11) is 0. The minimum absolute atomic E-state index is 0.163. The predicted octanol–water partition coefficient (Wildman–Crippen LogP) is 2.90. The van der Waals surface area contributed by atoms with Crippen LogP contribution >= 0.6 is 0 Å². The van der Waals surface area contributed by atoms with E-state index < -0.39 is 5.91 Å². The van der Waals surface area contributed by atoms with Crippen molar-refractivity contribution in [1.82, 2.24) is 15.2 Å². The third-order valence-electron chi connectivity index (χ3n) is 4.86. The molecule has 1 amide bonds. The number of fused-ring (bicyclic) bond motifs is 1. The maximum Gasteiger partial charge on any atom is 0.292 e. The fourth-order valence-electron chi connectivity index (χ4n) is 3.18. The van der Waals surface area contributed by atoms with E-state index in [1.165, 1.54) is 10.9 Å². The van der Waals surface area contributed by atoms with Crippen molar-refractivity contribution in [3.05, 3.63) is 64.0 Å². The fraction of sp³-hybridized carbons (Fsp3) is 0.300.